The molecule has 28 heavy (non-hydrogen) atoms. The largest absolute Gasteiger partial charge is 0.467 e. The lowest BCUT2D eigenvalue weighted by Crippen LogP contribution is -2.44. The van der Waals surface area contributed by atoms with Gasteiger partial charge in [-0.05, 0) is 31.4 Å². The van der Waals surface area contributed by atoms with Gasteiger partial charge in [-0.25, -0.2) is 13.2 Å². The van der Waals surface area contributed by atoms with Crippen molar-refractivity contribution in [3.8, 4) is 0 Å². The number of carbonyl (C=O) groups is 3. The number of ether oxygens (including phenoxy) is 2. The van der Waals surface area contributed by atoms with E-state index in [0.29, 0.717) is 6.42 Å². The van der Waals surface area contributed by atoms with Gasteiger partial charge in [0.2, 0.25) is 10.0 Å². The van der Waals surface area contributed by atoms with Crippen LogP contribution in [0, 0.1) is 12.8 Å². The van der Waals surface area contributed by atoms with Crippen molar-refractivity contribution in [2.75, 3.05) is 20.3 Å². The molecule has 0 fully saturated rings. The monoisotopic (exact) mass is 414 g/mol. The number of carbonyl (C=O) groups excluding carboxylic acids is 3. The molecule has 0 heterocycles. The van der Waals surface area contributed by atoms with Crippen molar-refractivity contribution < 1.29 is 32.3 Å². The molecule has 0 bridgehead atoms. The SMILES string of the molecule is COC(=O)[C@H](CC(C)C)NC(=O)COC(=O)CNS(=O)(=O)c1ccc(C)cc1. The van der Waals surface area contributed by atoms with Crippen LogP contribution in [-0.2, 0) is 33.9 Å². The highest BCUT2D eigenvalue weighted by atomic mass is 32.2. The number of rotatable bonds is 10. The second-order valence-electron chi connectivity index (χ2n) is 6.57. The van der Waals surface area contributed by atoms with Gasteiger partial charge in [-0.2, -0.15) is 4.72 Å². The fraction of sp³-hybridized carbons (Fsp3) is 0.500. The number of aryl methyl sites for hydroxylation is 1. The van der Waals surface area contributed by atoms with Crippen LogP contribution in [0.5, 0.6) is 0 Å². The molecule has 0 radical (unpaired) electrons. The van der Waals surface area contributed by atoms with E-state index in [2.05, 4.69) is 14.8 Å². The van der Waals surface area contributed by atoms with Crippen LogP contribution in [0.3, 0.4) is 0 Å². The minimum absolute atomic E-state index is 0.0123. The summed E-state index contributed by atoms with van der Waals surface area (Å²) < 4.78 is 35.7. The molecule has 1 aromatic rings. The Morgan fingerprint density at radius 3 is 2.25 bits per heavy atom. The van der Waals surface area contributed by atoms with Gasteiger partial charge >= 0.3 is 11.9 Å². The van der Waals surface area contributed by atoms with Crippen LogP contribution in [0.4, 0.5) is 0 Å². The quantitative estimate of drug-likeness (QED) is 0.534. The van der Waals surface area contributed by atoms with Gasteiger partial charge in [0.1, 0.15) is 12.6 Å². The van der Waals surface area contributed by atoms with Crippen LogP contribution in [-0.4, -0.2) is 52.6 Å². The first-order chi connectivity index (χ1) is 13.0. The van der Waals surface area contributed by atoms with Gasteiger partial charge in [0.05, 0.1) is 12.0 Å². The molecular weight excluding hydrogens is 388 g/mol. The Labute approximate surface area is 164 Å². The Morgan fingerprint density at radius 2 is 1.71 bits per heavy atom. The van der Waals surface area contributed by atoms with Crippen molar-refractivity contribution in [1.82, 2.24) is 10.0 Å². The molecule has 1 amide bonds. The molecule has 0 unspecified atom stereocenters. The van der Waals surface area contributed by atoms with Gasteiger partial charge in [0.15, 0.2) is 6.61 Å². The minimum atomic E-state index is -3.87. The zero-order valence-electron chi connectivity index (χ0n) is 16.4. The highest BCUT2D eigenvalue weighted by molar-refractivity contribution is 7.89. The Kier molecular flexibility index (Phi) is 9.07. The van der Waals surface area contributed by atoms with E-state index in [1.54, 1.807) is 12.1 Å². The lowest BCUT2D eigenvalue weighted by atomic mass is 10.0. The van der Waals surface area contributed by atoms with E-state index >= 15 is 0 Å². The molecule has 0 saturated carbocycles. The predicted octanol–water partition coefficient (Wildman–Crippen LogP) is 0.520. The third-order valence-corrected chi connectivity index (χ3v) is 5.05. The second-order valence-corrected chi connectivity index (χ2v) is 8.34. The molecule has 0 aliphatic carbocycles. The third-order valence-electron chi connectivity index (χ3n) is 3.63. The summed E-state index contributed by atoms with van der Waals surface area (Å²) in [6.07, 6.45) is 0.364. The molecule has 10 heteroatoms. The molecule has 0 aliphatic rings. The number of benzene rings is 1. The molecule has 0 aliphatic heterocycles. The van der Waals surface area contributed by atoms with Crippen molar-refractivity contribution in [3.63, 3.8) is 0 Å². The number of nitrogens with one attached hydrogen (secondary N) is 2. The minimum Gasteiger partial charge on any atom is -0.467 e. The Bertz CT molecular complexity index is 789. The summed E-state index contributed by atoms with van der Waals surface area (Å²) >= 11 is 0. The summed E-state index contributed by atoms with van der Waals surface area (Å²) in [5.41, 5.74) is 0.895. The standard InChI is InChI=1S/C18H26N2O7S/c1-12(2)9-15(18(23)26-4)20-16(21)11-27-17(22)10-19-28(24,25)14-7-5-13(3)6-8-14/h5-8,12,15,19H,9-11H2,1-4H3,(H,20,21)/t15-/m0/s1. The maximum absolute atomic E-state index is 12.1. The smallest absolute Gasteiger partial charge is 0.328 e. The zero-order valence-corrected chi connectivity index (χ0v) is 17.2. The van der Waals surface area contributed by atoms with E-state index in [9.17, 15) is 22.8 Å². The topological polar surface area (TPSA) is 128 Å². The Hall–Kier alpha value is -2.46. The Balaban J connectivity index is 2.49. The number of sulfonamides is 1. The summed E-state index contributed by atoms with van der Waals surface area (Å²) in [4.78, 5) is 35.3. The highest BCUT2D eigenvalue weighted by Crippen LogP contribution is 2.09. The molecule has 1 atom stereocenters. The lowest BCUT2D eigenvalue weighted by Gasteiger charge is -2.18. The lowest BCUT2D eigenvalue weighted by molar-refractivity contribution is -0.149. The normalized spacial score (nSPS) is 12.3. The molecule has 0 aromatic heterocycles. The van der Waals surface area contributed by atoms with Gasteiger partial charge in [0.25, 0.3) is 5.91 Å². The molecule has 9 nitrogen and oxygen atoms in total. The van der Waals surface area contributed by atoms with E-state index in [-0.39, 0.29) is 10.8 Å². The number of hydrogen-bond donors (Lipinski definition) is 2. The molecule has 2 N–H and O–H groups in total. The van der Waals surface area contributed by atoms with E-state index in [1.165, 1.54) is 19.2 Å². The molecule has 1 aromatic carbocycles. The first-order valence-electron chi connectivity index (χ1n) is 8.64. The molecular formula is C18H26N2O7S. The summed E-state index contributed by atoms with van der Waals surface area (Å²) in [5.74, 6) is -2.09. The molecule has 1 rings (SSSR count). The van der Waals surface area contributed by atoms with Crippen LogP contribution in [0.25, 0.3) is 0 Å². The van der Waals surface area contributed by atoms with Crippen LogP contribution >= 0.6 is 0 Å². The highest BCUT2D eigenvalue weighted by Gasteiger charge is 2.23. The van der Waals surface area contributed by atoms with Crippen molar-refractivity contribution in [2.45, 2.75) is 38.1 Å². The first kappa shape index (κ1) is 23.6. The van der Waals surface area contributed by atoms with Crippen LogP contribution in [0.2, 0.25) is 0 Å². The maximum Gasteiger partial charge on any atom is 0.328 e. The number of methoxy groups -OCH3 is 1. The zero-order chi connectivity index (χ0) is 21.3. The third kappa shape index (κ3) is 8.05. The van der Waals surface area contributed by atoms with Gasteiger partial charge in [0, 0.05) is 0 Å². The molecule has 156 valence electrons. The number of hydrogen-bond acceptors (Lipinski definition) is 7. The average molecular weight is 414 g/mol. The summed E-state index contributed by atoms with van der Waals surface area (Å²) in [7, 11) is -2.66. The number of esters is 2. The fourth-order valence-electron chi connectivity index (χ4n) is 2.22. The van der Waals surface area contributed by atoms with Gasteiger partial charge in [-0.1, -0.05) is 31.5 Å². The fourth-order valence-corrected chi connectivity index (χ4v) is 3.18. The summed E-state index contributed by atoms with van der Waals surface area (Å²) in [6, 6.07) is 5.24. The van der Waals surface area contributed by atoms with Gasteiger partial charge < -0.3 is 14.8 Å². The van der Waals surface area contributed by atoms with E-state index < -0.39 is 47.1 Å². The summed E-state index contributed by atoms with van der Waals surface area (Å²) in [6.45, 7) is 4.30. The average Bonchev–Trinajstić information content (AvgIpc) is 2.63. The van der Waals surface area contributed by atoms with E-state index in [1.807, 2.05) is 20.8 Å². The van der Waals surface area contributed by atoms with E-state index in [0.717, 1.165) is 5.56 Å². The first-order valence-corrected chi connectivity index (χ1v) is 10.1. The van der Waals surface area contributed by atoms with Crippen molar-refractivity contribution in [2.24, 2.45) is 5.92 Å². The van der Waals surface area contributed by atoms with Crippen molar-refractivity contribution >= 4 is 27.9 Å². The predicted molar refractivity (Wildman–Crippen MR) is 101 cm³/mol. The maximum atomic E-state index is 12.1. The van der Waals surface area contributed by atoms with Crippen molar-refractivity contribution in [1.29, 1.82) is 0 Å². The van der Waals surface area contributed by atoms with Crippen LogP contribution < -0.4 is 10.0 Å². The summed E-state index contributed by atoms with van der Waals surface area (Å²) in [5, 5.41) is 2.43. The second kappa shape index (κ2) is 10.8. The molecule has 0 spiro atoms. The Morgan fingerprint density at radius 1 is 1.11 bits per heavy atom. The van der Waals surface area contributed by atoms with Crippen LogP contribution in [0.15, 0.2) is 29.2 Å². The van der Waals surface area contributed by atoms with Gasteiger partial charge in [-0.3, -0.25) is 9.59 Å². The van der Waals surface area contributed by atoms with Crippen LogP contribution in [0.1, 0.15) is 25.8 Å². The van der Waals surface area contributed by atoms with E-state index in [4.69, 9.17) is 4.74 Å². The van der Waals surface area contributed by atoms with Crippen molar-refractivity contribution in [3.05, 3.63) is 29.8 Å². The van der Waals surface area contributed by atoms with Gasteiger partial charge in [-0.15, -0.1) is 0 Å². The number of amides is 1. The molecule has 0 saturated heterocycles.